The van der Waals surface area contributed by atoms with Crippen LogP contribution in [0, 0.1) is 22.7 Å². The van der Waals surface area contributed by atoms with E-state index in [1.165, 1.54) is 81.4 Å². The second-order valence-corrected chi connectivity index (χ2v) is 16.0. The number of thiophene rings is 6. The van der Waals surface area contributed by atoms with Gasteiger partial charge >= 0.3 is 0 Å². The Labute approximate surface area is 241 Å². The average Bonchev–Trinajstić information content (AvgIpc) is 3.71. The standard InChI is InChI=1S/C30H12N2S6/c31-11-17-7-23-25(33-17)9-27(35-23)21-5-15-1-13-3-20-14(4-19(13)29(15)37-21)2-16-6-22(38-30(16)20)28-10-26-24(36-28)8-18(12-32)34-26/h3-10H,1-2H2. The summed E-state index contributed by atoms with van der Waals surface area (Å²) in [4.78, 5) is 9.75. The first kappa shape index (κ1) is 21.8. The molecule has 178 valence electrons. The van der Waals surface area contributed by atoms with Gasteiger partial charge in [-0.3, -0.25) is 0 Å². The average molecular weight is 593 g/mol. The van der Waals surface area contributed by atoms with Crippen LogP contribution in [0.4, 0.5) is 0 Å². The van der Waals surface area contributed by atoms with E-state index < -0.39 is 0 Å². The molecule has 38 heavy (non-hydrogen) atoms. The fraction of sp³-hybridized carbons (Fsp3) is 0.0667. The van der Waals surface area contributed by atoms with Gasteiger partial charge in [0.05, 0.1) is 0 Å². The first-order valence-corrected chi connectivity index (χ1v) is 16.8. The first-order valence-electron chi connectivity index (χ1n) is 11.9. The Bertz CT molecular complexity index is 2000. The molecule has 0 amide bonds. The van der Waals surface area contributed by atoms with E-state index in [0.717, 1.165) is 22.6 Å². The Kier molecular flexibility index (Phi) is 4.44. The molecule has 0 radical (unpaired) electrons. The predicted molar refractivity (Wildman–Crippen MR) is 166 cm³/mol. The Morgan fingerprint density at radius 1 is 0.447 bits per heavy atom. The number of hydrogen-bond donors (Lipinski definition) is 0. The maximum absolute atomic E-state index is 9.19. The molecular formula is C30H12N2S6. The molecule has 1 aromatic carbocycles. The topological polar surface area (TPSA) is 47.6 Å². The molecule has 9 rings (SSSR count). The second kappa shape index (κ2) is 7.74. The molecule has 0 bridgehead atoms. The van der Waals surface area contributed by atoms with Crippen LogP contribution >= 0.6 is 68.0 Å². The summed E-state index contributed by atoms with van der Waals surface area (Å²) in [5.41, 5.74) is 8.63. The summed E-state index contributed by atoms with van der Waals surface area (Å²) in [7, 11) is 0. The van der Waals surface area contributed by atoms with Crippen molar-refractivity contribution in [3.8, 4) is 52.5 Å². The van der Waals surface area contributed by atoms with Crippen LogP contribution in [0.5, 0.6) is 0 Å². The van der Waals surface area contributed by atoms with Crippen LogP contribution in [-0.2, 0) is 12.8 Å². The molecular weight excluding hydrogens is 581 g/mol. The molecule has 0 saturated heterocycles. The molecule has 0 saturated carbocycles. The molecule has 2 nitrogen and oxygen atoms in total. The lowest BCUT2D eigenvalue weighted by atomic mass is 10.0. The van der Waals surface area contributed by atoms with E-state index in [-0.39, 0.29) is 0 Å². The quantitative estimate of drug-likeness (QED) is 0.200. The Hall–Kier alpha value is -3.08. The molecule has 0 spiro atoms. The molecule has 0 atom stereocenters. The highest BCUT2D eigenvalue weighted by molar-refractivity contribution is 7.32. The maximum atomic E-state index is 9.19. The van der Waals surface area contributed by atoms with Crippen molar-refractivity contribution >= 4 is 86.8 Å². The normalized spacial score (nSPS) is 13.0. The van der Waals surface area contributed by atoms with Gasteiger partial charge in [0, 0.05) is 48.1 Å². The fourth-order valence-corrected chi connectivity index (χ4v) is 12.7. The third kappa shape index (κ3) is 3.05. The van der Waals surface area contributed by atoms with E-state index in [1.54, 1.807) is 45.3 Å². The second-order valence-electron chi connectivity index (χ2n) is 9.57. The Morgan fingerprint density at radius 3 is 1.29 bits per heavy atom. The summed E-state index contributed by atoms with van der Waals surface area (Å²) in [5, 5.41) is 18.4. The van der Waals surface area contributed by atoms with Crippen LogP contribution in [0.2, 0.25) is 0 Å². The molecule has 0 fully saturated rings. The minimum Gasteiger partial charge on any atom is -0.192 e. The van der Waals surface area contributed by atoms with Crippen molar-refractivity contribution in [1.82, 2.24) is 0 Å². The van der Waals surface area contributed by atoms with E-state index in [4.69, 9.17) is 0 Å². The number of nitriles is 2. The first-order chi connectivity index (χ1) is 18.6. The highest BCUT2D eigenvalue weighted by Gasteiger charge is 2.29. The monoisotopic (exact) mass is 592 g/mol. The molecule has 0 aliphatic heterocycles. The number of benzene rings is 1. The fourth-order valence-electron chi connectivity index (χ4n) is 5.66. The summed E-state index contributed by atoms with van der Waals surface area (Å²) in [5.74, 6) is 0. The summed E-state index contributed by atoms with van der Waals surface area (Å²) < 4.78 is 4.86. The summed E-state index contributed by atoms with van der Waals surface area (Å²) in [6.07, 6.45) is 2.01. The zero-order valence-corrected chi connectivity index (χ0v) is 24.3. The van der Waals surface area contributed by atoms with E-state index in [0.29, 0.717) is 0 Å². The van der Waals surface area contributed by atoms with Gasteiger partial charge in [-0.2, -0.15) is 10.5 Å². The van der Waals surface area contributed by atoms with Crippen LogP contribution in [0.1, 0.15) is 32.0 Å². The van der Waals surface area contributed by atoms with Gasteiger partial charge in [0.1, 0.15) is 21.9 Å². The van der Waals surface area contributed by atoms with Crippen molar-refractivity contribution in [2.24, 2.45) is 0 Å². The van der Waals surface area contributed by atoms with E-state index >= 15 is 0 Å². The van der Waals surface area contributed by atoms with Gasteiger partial charge in [-0.25, -0.2) is 0 Å². The van der Waals surface area contributed by atoms with Gasteiger partial charge in [-0.05, 0) is 94.8 Å². The lowest BCUT2D eigenvalue weighted by Crippen LogP contribution is -1.86. The molecule has 8 heteroatoms. The van der Waals surface area contributed by atoms with Crippen LogP contribution < -0.4 is 0 Å². The lowest BCUT2D eigenvalue weighted by molar-refractivity contribution is 1.24. The van der Waals surface area contributed by atoms with Crippen LogP contribution in [0.15, 0.2) is 48.5 Å². The Morgan fingerprint density at radius 2 is 0.868 bits per heavy atom. The molecule has 2 aliphatic rings. The van der Waals surface area contributed by atoms with Gasteiger partial charge in [-0.1, -0.05) is 0 Å². The summed E-state index contributed by atoms with van der Waals surface area (Å²) >= 11 is 10.6. The van der Waals surface area contributed by atoms with E-state index in [1.807, 2.05) is 34.8 Å². The van der Waals surface area contributed by atoms with E-state index in [9.17, 15) is 10.5 Å². The zero-order chi connectivity index (χ0) is 25.1. The van der Waals surface area contributed by atoms with E-state index in [2.05, 4.69) is 48.5 Å². The zero-order valence-electron chi connectivity index (χ0n) is 19.4. The molecule has 6 aromatic heterocycles. The predicted octanol–water partition coefficient (Wildman–Crippen LogP) is 10.6. The third-order valence-electron chi connectivity index (χ3n) is 7.32. The Balaban J connectivity index is 1.06. The summed E-state index contributed by atoms with van der Waals surface area (Å²) in [6, 6.07) is 22.8. The van der Waals surface area contributed by atoms with Crippen LogP contribution in [0.25, 0.3) is 59.2 Å². The number of fused-ring (bicyclic) bond motifs is 8. The van der Waals surface area contributed by atoms with Gasteiger partial charge in [-0.15, -0.1) is 68.0 Å². The van der Waals surface area contributed by atoms with Crippen molar-refractivity contribution in [3.05, 3.63) is 80.5 Å². The molecule has 0 unspecified atom stereocenters. The third-order valence-corrected chi connectivity index (χ3v) is 14.5. The van der Waals surface area contributed by atoms with Gasteiger partial charge < -0.3 is 0 Å². The van der Waals surface area contributed by atoms with Crippen molar-refractivity contribution in [2.45, 2.75) is 12.8 Å². The number of rotatable bonds is 2. The van der Waals surface area contributed by atoms with Crippen LogP contribution in [-0.4, -0.2) is 0 Å². The molecule has 6 heterocycles. The van der Waals surface area contributed by atoms with Crippen molar-refractivity contribution in [2.75, 3.05) is 0 Å². The highest BCUT2D eigenvalue weighted by atomic mass is 32.1. The summed E-state index contributed by atoms with van der Waals surface area (Å²) in [6.45, 7) is 0. The highest BCUT2D eigenvalue weighted by Crippen LogP contribution is 2.53. The van der Waals surface area contributed by atoms with Crippen molar-refractivity contribution < 1.29 is 0 Å². The van der Waals surface area contributed by atoms with Gasteiger partial charge in [0.2, 0.25) is 0 Å². The maximum Gasteiger partial charge on any atom is 0.110 e. The largest absolute Gasteiger partial charge is 0.192 e. The minimum atomic E-state index is 0.791. The number of hydrogen-bond acceptors (Lipinski definition) is 8. The molecule has 2 aliphatic carbocycles. The van der Waals surface area contributed by atoms with Crippen LogP contribution in [0.3, 0.4) is 0 Å². The molecule has 0 N–H and O–H groups in total. The smallest absolute Gasteiger partial charge is 0.110 e. The molecule has 7 aromatic rings. The lowest BCUT2D eigenvalue weighted by Gasteiger charge is -2.06. The van der Waals surface area contributed by atoms with Crippen molar-refractivity contribution in [3.63, 3.8) is 0 Å². The minimum absolute atomic E-state index is 0.791. The number of nitrogens with zero attached hydrogens (tertiary/aromatic N) is 2. The van der Waals surface area contributed by atoms with Gasteiger partial charge in [0.25, 0.3) is 0 Å². The SMILES string of the molecule is N#Cc1cc2sc(-c3cc4c(s3)-c3cc5c(cc3C4)-c3sc(-c4cc6sc(C#N)cc6s4)cc3C5)cc2s1. The van der Waals surface area contributed by atoms with Gasteiger partial charge in [0.15, 0.2) is 0 Å². The van der Waals surface area contributed by atoms with Crippen molar-refractivity contribution in [1.29, 1.82) is 10.5 Å².